The number of nitrogens with one attached hydrogen (secondary N) is 1. The summed E-state index contributed by atoms with van der Waals surface area (Å²) in [7, 11) is -4.11. The van der Waals surface area contributed by atoms with Gasteiger partial charge >= 0.3 is 11.9 Å². The van der Waals surface area contributed by atoms with Gasteiger partial charge in [0.15, 0.2) is 6.61 Å². The molecule has 1 heterocycles. The summed E-state index contributed by atoms with van der Waals surface area (Å²) in [5.74, 6) is -2.13. The molecule has 10 nitrogen and oxygen atoms in total. The Hall–Kier alpha value is -2.86. The number of aliphatic carboxylic acids is 1. The van der Waals surface area contributed by atoms with Crippen molar-refractivity contribution in [1.82, 2.24) is 9.62 Å². The Labute approximate surface area is 237 Å². The fourth-order valence-electron chi connectivity index (χ4n) is 4.04. The third-order valence-corrected chi connectivity index (χ3v) is 8.03. The number of hydrogen-bond donors (Lipinski definition) is 2. The van der Waals surface area contributed by atoms with Crippen molar-refractivity contribution in [3.8, 4) is 5.75 Å². The second kappa shape index (κ2) is 12.5. The third-order valence-electron chi connectivity index (χ3n) is 5.70. The molecule has 0 bridgehead atoms. The van der Waals surface area contributed by atoms with E-state index in [0.717, 1.165) is 4.31 Å². The van der Waals surface area contributed by atoms with Crippen molar-refractivity contribution < 1.29 is 37.4 Å². The number of hydrogen-bond acceptors (Lipinski definition) is 7. The second-order valence-electron chi connectivity index (χ2n) is 10.0. The number of nitrogens with zero attached hydrogens (tertiary/aromatic N) is 1. The highest BCUT2D eigenvalue weighted by molar-refractivity contribution is 7.89. The van der Waals surface area contributed by atoms with Gasteiger partial charge < -0.3 is 19.9 Å². The molecular formula is C26H30Cl2N2O8S. The lowest BCUT2D eigenvalue weighted by Gasteiger charge is -2.25. The molecule has 0 saturated carbocycles. The van der Waals surface area contributed by atoms with Crippen LogP contribution in [-0.2, 0) is 35.6 Å². The number of benzene rings is 2. The zero-order valence-electron chi connectivity index (χ0n) is 21.6. The number of carboxylic acids is 1. The molecule has 0 spiro atoms. The average molecular weight is 602 g/mol. The minimum absolute atomic E-state index is 0.0587. The summed E-state index contributed by atoms with van der Waals surface area (Å²) < 4.78 is 38.1. The zero-order valence-corrected chi connectivity index (χ0v) is 24.0. The highest BCUT2D eigenvalue weighted by Crippen LogP contribution is 2.30. The molecule has 2 aromatic rings. The van der Waals surface area contributed by atoms with Crippen LogP contribution in [0.5, 0.6) is 5.75 Å². The molecule has 1 saturated heterocycles. The molecule has 0 radical (unpaired) electrons. The van der Waals surface area contributed by atoms with Gasteiger partial charge in [-0.25, -0.2) is 18.0 Å². The molecule has 13 heteroatoms. The van der Waals surface area contributed by atoms with Crippen molar-refractivity contribution in [3.63, 3.8) is 0 Å². The predicted molar refractivity (Wildman–Crippen MR) is 144 cm³/mol. The molecule has 39 heavy (non-hydrogen) atoms. The number of rotatable bonds is 10. The summed E-state index contributed by atoms with van der Waals surface area (Å²) in [4.78, 5) is 36.7. The highest BCUT2D eigenvalue weighted by atomic mass is 35.5. The number of esters is 1. The monoisotopic (exact) mass is 600 g/mol. The molecule has 2 atom stereocenters. The van der Waals surface area contributed by atoms with E-state index in [-0.39, 0.29) is 40.9 Å². The van der Waals surface area contributed by atoms with E-state index >= 15 is 0 Å². The Morgan fingerprint density at radius 3 is 2.28 bits per heavy atom. The van der Waals surface area contributed by atoms with Gasteiger partial charge in [0.25, 0.3) is 0 Å². The van der Waals surface area contributed by atoms with Crippen LogP contribution >= 0.6 is 23.2 Å². The van der Waals surface area contributed by atoms with E-state index in [1.807, 2.05) is 0 Å². The van der Waals surface area contributed by atoms with Gasteiger partial charge in [-0.1, -0.05) is 35.3 Å². The summed E-state index contributed by atoms with van der Waals surface area (Å²) in [5, 5.41) is 12.5. The topological polar surface area (TPSA) is 139 Å². The van der Waals surface area contributed by atoms with Crippen LogP contribution in [0.3, 0.4) is 0 Å². The molecule has 2 aromatic carbocycles. The first kappa shape index (κ1) is 30.7. The van der Waals surface area contributed by atoms with Crippen LogP contribution in [0.15, 0.2) is 47.4 Å². The van der Waals surface area contributed by atoms with Crippen LogP contribution < -0.4 is 10.1 Å². The molecule has 0 aromatic heterocycles. The molecule has 3 rings (SSSR count). The molecule has 1 aliphatic rings. The Bertz CT molecular complexity index is 1310. The Balaban J connectivity index is 1.65. The maximum Gasteiger partial charge on any atom is 0.344 e. The van der Waals surface area contributed by atoms with Crippen molar-refractivity contribution in [2.24, 2.45) is 0 Å². The van der Waals surface area contributed by atoms with E-state index in [0.29, 0.717) is 17.7 Å². The first-order chi connectivity index (χ1) is 18.2. The quantitative estimate of drug-likeness (QED) is 0.394. The van der Waals surface area contributed by atoms with Crippen molar-refractivity contribution in [2.45, 2.75) is 62.6 Å². The maximum absolute atomic E-state index is 13.2. The number of carbonyl (C=O) groups is 3. The lowest BCUT2D eigenvalue weighted by Crippen LogP contribution is -2.51. The van der Waals surface area contributed by atoms with Crippen LogP contribution in [0.1, 0.15) is 39.2 Å². The Kier molecular flexibility index (Phi) is 9.87. The van der Waals surface area contributed by atoms with Gasteiger partial charge in [0.2, 0.25) is 15.9 Å². The van der Waals surface area contributed by atoms with E-state index in [1.165, 1.54) is 18.2 Å². The van der Waals surface area contributed by atoms with E-state index < -0.39 is 45.6 Å². The summed E-state index contributed by atoms with van der Waals surface area (Å²) in [6, 6.07) is 7.87. The summed E-state index contributed by atoms with van der Waals surface area (Å²) in [6.07, 6.45) is 0.598. The van der Waals surface area contributed by atoms with Crippen LogP contribution in [0.4, 0.5) is 0 Å². The fraction of sp³-hybridized carbons (Fsp3) is 0.423. The van der Waals surface area contributed by atoms with Gasteiger partial charge in [-0.05, 0) is 69.5 Å². The standard InChI is InChI=1S/C26H30Cl2N2O8S/c1-26(2,3)38-23(31)15-37-19-8-6-16(7-9-19)11-21(25(33)34)29-24(32)22-5-4-10-30(22)39(35,36)20-13-17(27)12-18(28)14-20/h6-9,12-14,21-22H,4-5,10-11,15H2,1-3H3,(H,29,32)(H,33,34)/t21-,22-/m0/s1. The molecule has 212 valence electrons. The van der Waals surface area contributed by atoms with E-state index in [2.05, 4.69) is 5.32 Å². The van der Waals surface area contributed by atoms with Crippen molar-refractivity contribution >= 4 is 51.1 Å². The lowest BCUT2D eigenvalue weighted by molar-refractivity contribution is -0.157. The van der Waals surface area contributed by atoms with Crippen molar-refractivity contribution in [3.05, 3.63) is 58.1 Å². The summed E-state index contributed by atoms with van der Waals surface area (Å²) in [5.41, 5.74) is -0.0553. The van der Waals surface area contributed by atoms with Gasteiger partial charge in [0.1, 0.15) is 23.4 Å². The summed E-state index contributed by atoms with van der Waals surface area (Å²) >= 11 is 11.9. The number of amides is 1. The Morgan fingerprint density at radius 2 is 1.72 bits per heavy atom. The molecule has 1 fully saturated rings. The molecule has 0 unspecified atom stereocenters. The van der Waals surface area contributed by atoms with Gasteiger partial charge in [-0.15, -0.1) is 0 Å². The Morgan fingerprint density at radius 1 is 1.10 bits per heavy atom. The van der Waals surface area contributed by atoms with Crippen molar-refractivity contribution in [2.75, 3.05) is 13.2 Å². The normalized spacial score (nSPS) is 16.9. The van der Waals surface area contributed by atoms with Gasteiger partial charge in [-0.2, -0.15) is 4.31 Å². The fourth-order valence-corrected chi connectivity index (χ4v) is 6.43. The third kappa shape index (κ3) is 8.56. The first-order valence-electron chi connectivity index (χ1n) is 12.1. The van der Waals surface area contributed by atoms with Crippen LogP contribution in [0.2, 0.25) is 10.0 Å². The lowest BCUT2D eigenvalue weighted by atomic mass is 10.1. The molecule has 1 aliphatic heterocycles. The number of sulfonamides is 1. The van der Waals surface area contributed by atoms with Gasteiger partial charge in [0, 0.05) is 23.0 Å². The van der Waals surface area contributed by atoms with Gasteiger partial charge in [-0.3, -0.25) is 4.79 Å². The van der Waals surface area contributed by atoms with Crippen LogP contribution in [-0.4, -0.2) is 66.5 Å². The van der Waals surface area contributed by atoms with E-state index in [9.17, 15) is 27.9 Å². The number of halogens is 2. The van der Waals surface area contributed by atoms with E-state index in [1.54, 1.807) is 45.0 Å². The van der Waals surface area contributed by atoms with Crippen LogP contribution in [0, 0.1) is 0 Å². The second-order valence-corrected chi connectivity index (χ2v) is 12.8. The van der Waals surface area contributed by atoms with Crippen LogP contribution in [0.25, 0.3) is 0 Å². The highest BCUT2D eigenvalue weighted by Gasteiger charge is 2.40. The van der Waals surface area contributed by atoms with E-state index in [4.69, 9.17) is 32.7 Å². The SMILES string of the molecule is CC(C)(C)OC(=O)COc1ccc(C[C@H](NC(=O)[C@@H]2CCCN2S(=O)(=O)c2cc(Cl)cc(Cl)c2)C(=O)O)cc1. The van der Waals surface area contributed by atoms with Gasteiger partial charge in [0.05, 0.1) is 4.90 Å². The number of ether oxygens (including phenoxy) is 2. The largest absolute Gasteiger partial charge is 0.482 e. The number of carboxylic acid groups (broad SMARTS) is 1. The minimum atomic E-state index is -4.11. The molecule has 1 amide bonds. The smallest absolute Gasteiger partial charge is 0.344 e. The van der Waals surface area contributed by atoms with Crippen molar-refractivity contribution in [1.29, 1.82) is 0 Å². The summed E-state index contributed by atoms with van der Waals surface area (Å²) in [6.45, 7) is 5.04. The first-order valence-corrected chi connectivity index (χ1v) is 14.3. The molecule has 2 N–H and O–H groups in total. The molecular weight excluding hydrogens is 571 g/mol. The minimum Gasteiger partial charge on any atom is -0.482 e. The predicted octanol–water partition coefficient (Wildman–Crippen LogP) is 3.68. The average Bonchev–Trinajstić information content (AvgIpc) is 3.32. The number of carbonyl (C=O) groups excluding carboxylic acids is 2. The molecule has 0 aliphatic carbocycles. The maximum atomic E-state index is 13.2. The zero-order chi connectivity index (χ0) is 29.0.